The second kappa shape index (κ2) is 2.85. The summed E-state index contributed by atoms with van der Waals surface area (Å²) in [5.41, 5.74) is 0.406. The Kier molecular flexibility index (Phi) is 2.33. The molecule has 0 N–H and O–H groups in total. The van der Waals surface area contributed by atoms with E-state index in [-0.39, 0.29) is 6.61 Å². The van der Waals surface area contributed by atoms with E-state index in [9.17, 15) is 19.4 Å². The molecular formula is C8H9F5OS. The van der Waals surface area contributed by atoms with Crippen LogP contribution in [0.5, 0.6) is 0 Å². The first kappa shape index (κ1) is 12.3. The molecule has 0 bridgehead atoms. The highest BCUT2D eigenvalue weighted by Crippen LogP contribution is 3.02. The molecule has 0 radical (unpaired) electrons. The fourth-order valence-corrected chi connectivity index (χ4v) is 1.66. The lowest BCUT2D eigenvalue weighted by molar-refractivity contribution is 0.185. The van der Waals surface area contributed by atoms with Crippen molar-refractivity contribution in [2.75, 3.05) is 7.11 Å². The molecule has 7 heteroatoms. The summed E-state index contributed by atoms with van der Waals surface area (Å²) < 4.78 is 65.8. The number of ether oxygens (including phenoxy) is 1. The first-order valence-corrected chi connectivity index (χ1v) is 5.80. The van der Waals surface area contributed by atoms with Gasteiger partial charge in [-0.05, 0) is 17.7 Å². The highest BCUT2D eigenvalue weighted by atomic mass is 32.5. The third-order valence-electron chi connectivity index (χ3n) is 1.68. The Bertz CT molecular complexity index is 354. The lowest BCUT2D eigenvalue weighted by atomic mass is 10.2. The monoisotopic (exact) mass is 248 g/mol. The first-order valence-electron chi connectivity index (χ1n) is 3.85. The molecule has 0 saturated carbocycles. The van der Waals surface area contributed by atoms with Gasteiger partial charge in [-0.3, -0.25) is 0 Å². The van der Waals surface area contributed by atoms with Crippen LogP contribution in [0.3, 0.4) is 0 Å². The molecule has 0 aliphatic rings. The molecule has 0 heterocycles. The molecule has 0 fully saturated rings. The van der Waals surface area contributed by atoms with Gasteiger partial charge in [0.05, 0.1) is 6.61 Å². The van der Waals surface area contributed by atoms with Crippen LogP contribution in [0.2, 0.25) is 0 Å². The summed E-state index contributed by atoms with van der Waals surface area (Å²) in [5.74, 6) is 0. The van der Waals surface area contributed by atoms with E-state index in [1.54, 1.807) is 0 Å². The fourth-order valence-electron chi connectivity index (χ4n) is 1.01. The molecule has 0 amide bonds. The van der Waals surface area contributed by atoms with Crippen LogP contribution in [0.15, 0.2) is 29.2 Å². The lowest BCUT2D eigenvalue weighted by Crippen LogP contribution is -2.05. The molecule has 15 heavy (non-hydrogen) atoms. The number of benzene rings is 1. The maximum Gasteiger partial charge on any atom is 0.310 e. The summed E-state index contributed by atoms with van der Waals surface area (Å²) in [6.45, 7) is 0.0839. The SMILES string of the molecule is COCc1ccc(S(F)(F)(F)(F)F)cc1. The predicted octanol–water partition coefficient (Wildman–Crippen LogP) is 4.49. The van der Waals surface area contributed by atoms with Crippen molar-refractivity contribution in [1.82, 2.24) is 0 Å². The van der Waals surface area contributed by atoms with Crippen molar-refractivity contribution in [2.45, 2.75) is 11.5 Å². The zero-order valence-corrected chi connectivity index (χ0v) is 8.54. The zero-order chi connectivity index (χ0) is 11.8. The van der Waals surface area contributed by atoms with E-state index >= 15 is 0 Å². The quantitative estimate of drug-likeness (QED) is 0.716. The maximum absolute atomic E-state index is 12.2. The summed E-state index contributed by atoms with van der Waals surface area (Å²) in [7, 11) is -8.16. The van der Waals surface area contributed by atoms with Crippen LogP contribution in [0, 0.1) is 0 Å². The summed E-state index contributed by atoms with van der Waals surface area (Å²) in [6.07, 6.45) is 0. The van der Waals surface area contributed by atoms with E-state index in [0.717, 1.165) is 12.1 Å². The molecule has 1 rings (SSSR count). The predicted molar refractivity (Wildman–Crippen MR) is 48.6 cm³/mol. The van der Waals surface area contributed by atoms with E-state index in [4.69, 9.17) is 0 Å². The molecule has 0 aromatic heterocycles. The molecule has 0 unspecified atom stereocenters. The molecular weight excluding hydrogens is 239 g/mol. The average Bonchev–Trinajstić information content (AvgIpc) is 2.01. The first-order chi connectivity index (χ1) is 6.53. The van der Waals surface area contributed by atoms with Gasteiger partial charge in [-0.15, -0.1) is 0 Å². The fraction of sp³-hybridized carbons (Fsp3) is 0.250. The van der Waals surface area contributed by atoms with E-state index < -0.39 is 15.1 Å². The number of hydrogen-bond acceptors (Lipinski definition) is 1. The van der Waals surface area contributed by atoms with Crippen LogP contribution in [-0.4, -0.2) is 7.11 Å². The molecule has 0 aliphatic carbocycles. The van der Waals surface area contributed by atoms with E-state index in [2.05, 4.69) is 4.74 Å². The molecule has 1 aromatic rings. The van der Waals surface area contributed by atoms with Crippen molar-refractivity contribution in [1.29, 1.82) is 0 Å². The van der Waals surface area contributed by atoms with E-state index in [1.165, 1.54) is 7.11 Å². The topological polar surface area (TPSA) is 9.23 Å². The normalized spacial score (nSPS) is 16.9. The van der Waals surface area contributed by atoms with Crippen molar-refractivity contribution in [3.8, 4) is 0 Å². The Morgan fingerprint density at radius 2 is 1.47 bits per heavy atom. The van der Waals surface area contributed by atoms with E-state index in [0.29, 0.717) is 17.7 Å². The van der Waals surface area contributed by atoms with Crippen LogP contribution in [0.25, 0.3) is 0 Å². The van der Waals surface area contributed by atoms with Gasteiger partial charge in [0.15, 0.2) is 0 Å². The summed E-state index contributed by atoms with van der Waals surface area (Å²) in [6, 6.07) is 2.68. The smallest absolute Gasteiger partial charge is 0.310 e. The standard InChI is InChI=1S/C8H9F5OS/c1-14-6-7-2-4-8(5-3-7)15(9,10,11,12)13/h2-5H,6H2,1H3. The molecule has 88 valence electrons. The Balaban J connectivity index is 3.11. The zero-order valence-electron chi connectivity index (χ0n) is 7.72. The third kappa shape index (κ3) is 3.35. The average molecular weight is 248 g/mol. The Morgan fingerprint density at radius 3 is 1.80 bits per heavy atom. The molecule has 0 aliphatic heterocycles. The number of halogens is 5. The van der Waals surface area contributed by atoms with Gasteiger partial charge < -0.3 is 4.74 Å². The molecule has 0 atom stereocenters. The summed E-state index contributed by atoms with van der Waals surface area (Å²) in [5, 5.41) is 0. The minimum absolute atomic E-state index is 0.0839. The Hall–Kier alpha value is -0.820. The van der Waals surface area contributed by atoms with Crippen molar-refractivity contribution in [3.05, 3.63) is 29.8 Å². The van der Waals surface area contributed by atoms with Crippen molar-refractivity contribution in [3.63, 3.8) is 0 Å². The van der Waals surface area contributed by atoms with Crippen LogP contribution in [-0.2, 0) is 11.3 Å². The van der Waals surface area contributed by atoms with Gasteiger partial charge in [-0.2, -0.15) is 0 Å². The number of hydrogen-bond donors (Lipinski definition) is 0. The van der Waals surface area contributed by atoms with Gasteiger partial charge in [-0.1, -0.05) is 31.6 Å². The summed E-state index contributed by atoms with van der Waals surface area (Å²) >= 11 is 0. The Labute approximate surface area is 83.6 Å². The minimum Gasteiger partial charge on any atom is -0.380 e. The van der Waals surface area contributed by atoms with Crippen LogP contribution < -0.4 is 0 Å². The van der Waals surface area contributed by atoms with Gasteiger partial charge in [0.25, 0.3) is 0 Å². The van der Waals surface area contributed by atoms with Gasteiger partial charge in [0, 0.05) is 7.11 Å². The van der Waals surface area contributed by atoms with Crippen LogP contribution in [0.4, 0.5) is 19.4 Å². The van der Waals surface area contributed by atoms with Crippen LogP contribution >= 0.6 is 10.2 Å². The van der Waals surface area contributed by atoms with Crippen molar-refractivity contribution >= 4 is 10.2 Å². The summed E-state index contributed by atoms with van der Waals surface area (Å²) in [4.78, 5) is -1.88. The van der Waals surface area contributed by atoms with Crippen molar-refractivity contribution < 1.29 is 24.2 Å². The second-order valence-electron chi connectivity index (χ2n) is 3.05. The lowest BCUT2D eigenvalue weighted by Gasteiger charge is -2.40. The Morgan fingerprint density at radius 1 is 1.00 bits per heavy atom. The van der Waals surface area contributed by atoms with E-state index in [1.807, 2.05) is 0 Å². The van der Waals surface area contributed by atoms with Gasteiger partial charge >= 0.3 is 10.2 Å². The number of rotatable bonds is 3. The molecule has 0 spiro atoms. The van der Waals surface area contributed by atoms with Crippen molar-refractivity contribution in [2.24, 2.45) is 0 Å². The van der Waals surface area contributed by atoms with Gasteiger partial charge in [0.1, 0.15) is 4.90 Å². The van der Waals surface area contributed by atoms with Gasteiger partial charge in [-0.25, -0.2) is 0 Å². The largest absolute Gasteiger partial charge is 0.380 e. The van der Waals surface area contributed by atoms with Crippen LogP contribution in [0.1, 0.15) is 5.56 Å². The molecule has 0 saturated heterocycles. The number of methoxy groups -OCH3 is 1. The molecule has 1 nitrogen and oxygen atoms in total. The third-order valence-corrected chi connectivity index (χ3v) is 2.84. The molecule has 1 aromatic carbocycles. The van der Waals surface area contributed by atoms with Gasteiger partial charge in [0.2, 0.25) is 0 Å². The maximum atomic E-state index is 12.2. The highest BCUT2D eigenvalue weighted by molar-refractivity contribution is 8.45. The second-order valence-corrected chi connectivity index (χ2v) is 5.46. The minimum atomic E-state index is -9.52. The highest BCUT2D eigenvalue weighted by Gasteiger charge is 2.65.